The topological polar surface area (TPSA) is 32.5 Å². The molecule has 0 saturated carbocycles. The number of halogens is 1. The van der Waals surface area contributed by atoms with Crippen LogP contribution in [0.15, 0.2) is 18.2 Å². The van der Waals surface area contributed by atoms with E-state index in [4.69, 9.17) is 5.73 Å². The van der Waals surface area contributed by atoms with Gasteiger partial charge in [-0.15, -0.1) is 0 Å². The van der Waals surface area contributed by atoms with Crippen molar-refractivity contribution in [2.45, 2.75) is 40.2 Å². The minimum atomic E-state index is -0.172. The lowest BCUT2D eigenvalue weighted by Crippen LogP contribution is -2.30. The number of anilines is 1. The predicted molar refractivity (Wildman–Crippen MR) is 89.3 cm³/mol. The molecule has 0 aliphatic carbocycles. The number of benzene rings is 1. The second kappa shape index (κ2) is 9.00. The van der Waals surface area contributed by atoms with Gasteiger partial charge >= 0.3 is 0 Å². The maximum absolute atomic E-state index is 14.3. The fraction of sp³-hybridized carbons (Fsp3) is 0.647. The van der Waals surface area contributed by atoms with Crippen LogP contribution in [0.25, 0.3) is 0 Å². The highest BCUT2D eigenvalue weighted by Crippen LogP contribution is 2.23. The largest absolute Gasteiger partial charge is 0.369 e. The number of hydrogen-bond donors (Lipinski definition) is 1. The van der Waals surface area contributed by atoms with E-state index in [1.807, 2.05) is 19.1 Å². The zero-order chi connectivity index (χ0) is 15.8. The smallest absolute Gasteiger partial charge is 0.146 e. The molecule has 0 amide bonds. The van der Waals surface area contributed by atoms with Crippen molar-refractivity contribution in [3.05, 3.63) is 29.6 Å². The van der Waals surface area contributed by atoms with E-state index in [1.54, 1.807) is 6.07 Å². The lowest BCUT2D eigenvalue weighted by Gasteiger charge is -2.26. The van der Waals surface area contributed by atoms with Crippen LogP contribution in [0, 0.1) is 5.82 Å². The molecule has 0 radical (unpaired) electrons. The molecule has 0 saturated heterocycles. The fourth-order valence-corrected chi connectivity index (χ4v) is 2.54. The molecule has 0 bridgehead atoms. The number of nitrogens with two attached hydrogens (primary N) is 1. The van der Waals surface area contributed by atoms with Gasteiger partial charge in [-0.2, -0.15) is 0 Å². The Labute approximate surface area is 128 Å². The Morgan fingerprint density at radius 1 is 1.10 bits per heavy atom. The van der Waals surface area contributed by atoms with Crippen LogP contribution in [-0.2, 0) is 0 Å². The van der Waals surface area contributed by atoms with Crippen molar-refractivity contribution in [3.8, 4) is 0 Å². The molecule has 0 unspecified atom stereocenters. The van der Waals surface area contributed by atoms with Crippen molar-refractivity contribution in [3.63, 3.8) is 0 Å². The summed E-state index contributed by atoms with van der Waals surface area (Å²) >= 11 is 0. The molecule has 0 aliphatic rings. The summed E-state index contributed by atoms with van der Waals surface area (Å²) in [5.74, 6) is -0.172. The van der Waals surface area contributed by atoms with Gasteiger partial charge in [-0.25, -0.2) is 4.39 Å². The molecule has 120 valence electrons. The van der Waals surface area contributed by atoms with Crippen LogP contribution in [0.4, 0.5) is 10.1 Å². The third-order valence-corrected chi connectivity index (χ3v) is 4.02. The standard InChI is InChI=1S/C17H30FN3/c1-5-20(6-2)11-8-12-21(7-3)17-10-9-15(14(4)19)13-16(17)18/h9-10,13-14H,5-8,11-12,19H2,1-4H3/t14-/m0/s1. The van der Waals surface area contributed by atoms with Crippen molar-refractivity contribution in [1.82, 2.24) is 4.90 Å². The van der Waals surface area contributed by atoms with Gasteiger partial charge in [-0.3, -0.25) is 0 Å². The van der Waals surface area contributed by atoms with Crippen molar-refractivity contribution in [2.24, 2.45) is 5.73 Å². The average molecular weight is 295 g/mol. The van der Waals surface area contributed by atoms with Crippen LogP contribution in [0.3, 0.4) is 0 Å². The van der Waals surface area contributed by atoms with E-state index in [0.717, 1.165) is 44.7 Å². The normalized spacial score (nSPS) is 12.7. The third-order valence-electron chi connectivity index (χ3n) is 4.02. The molecule has 0 aliphatic heterocycles. The van der Waals surface area contributed by atoms with E-state index >= 15 is 0 Å². The first-order chi connectivity index (χ1) is 10.0. The quantitative estimate of drug-likeness (QED) is 0.758. The Kier molecular flexibility index (Phi) is 7.68. The first-order valence-corrected chi connectivity index (χ1v) is 8.05. The SMILES string of the molecule is CCN(CC)CCCN(CC)c1ccc([C@H](C)N)cc1F. The molecular formula is C17H30FN3. The Morgan fingerprint density at radius 2 is 1.76 bits per heavy atom. The minimum Gasteiger partial charge on any atom is -0.369 e. The first kappa shape index (κ1) is 17.9. The molecular weight excluding hydrogens is 265 g/mol. The van der Waals surface area contributed by atoms with Crippen molar-refractivity contribution in [2.75, 3.05) is 37.6 Å². The summed E-state index contributed by atoms with van der Waals surface area (Å²) in [7, 11) is 0. The summed E-state index contributed by atoms with van der Waals surface area (Å²) in [5.41, 5.74) is 7.32. The van der Waals surface area contributed by atoms with Crippen LogP contribution in [0.1, 0.15) is 45.7 Å². The predicted octanol–water partition coefficient (Wildman–Crippen LogP) is 3.40. The number of rotatable bonds is 9. The van der Waals surface area contributed by atoms with Gasteiger partial charge in [0.2, 0.25) is 0 Å². The van der Waals surface area contributed by atoms with Gasteiger partial charge in [-0.05, 0) is 57.6 Å². The Morgan fingerprint density at radius 3 is 2.24 bits per heavy atom. The van der Waals surface area contributed by atoms with E-state index in [2.05, 4.69) is 30.6 Å². The fourth-order valence-electron chi connectivity index (χ4n) is 2.54. The Hall–Kier alpha value is -1.13. The average Bonchev–Trinajstić information content (AvgIpc) is 2.48. The summed E-state index contributed by atoms with van der Waals surface area (Å²) in [4.78, 5) is 4.49. The lowest BCUT2D eigenvalue weighted by atomic mass is 10.1. The molecule has 3 nitrogen and oxygen atoms in total. The van der Waals surface area contributed by atoms with E-state index in [-0.39, 0.29) is 11.9 Å². The highest BCUT2D eigenvalue weighted by Gasteiger charge is 2.12. The number of nitrogens with zero attached hydrogens (tertiary/aromatic N) is 2. The van der Waals surface area contributed by atoms with Crippen molar-refractivity contribution in [1.29, 1.82) is 0 Å². The molecule has 1 rings (SSSR count). The molecule has 0 heterocycles. The van der Waals surface area contributed by atoms with Gasteiger partial charge in [0.05, 0.1) is 5.69 Å². The van der Waals surface area contributed by atoms with Gasteiger partial charge in [-0.1, -0.05) is 19.9 Å². The van der Waals surface area contributed by atoms with E-state index in [1.165, 1.54) is 0 Å². The molecule has 0 aromatic heterocycles. The zero-order valence-electron chi connectivity index (χ0n) is 13.9. The van der Waals surface area contributed by atoms with Crippen LogP contribution in [-0.4, -0.2) is 37.6 Å². The van der Waals surface area contributed by atoms with Crippen LogP contribution in [0.2, 0.25) is 0 Å². The van der Waals surface area contributed by atoms with E-state index in [0.29, 0.717) is 5.69 Å². The molecule has 21 heavy (non-hydrogen) atoms. The van der Waals surface area contributed by atoms with Gasteiger partial charge in [0.1, 0.15) is 5.82 Å². The summed E-state index contributed by atoms with van der Waals surface area (Å²) < 4.78 is 14.3. The summed E-state index contributed by atoms with van der Waals surface area (Å²) in [6.07, 6.45) is 1.05. The van der Waals surface area contributed by atoms with Gasteiger partial charge in [0.15, 0.2) is 0 Å². The zero-order valence-corrected chi connectivity index (χ0v) is 13.9. The molecule has 0 spiro atoms. The van der Waals surface area contributed by atoms with Crippen LogP contribution < -0.4 is 10.6 Å². The minimum absolute atomic E-state index is 0.133. The lowest BCUT2D eigenvalue weighted by molar-refractivity contribution is 0.300. The molecule has 1 aromatic carbocycles. The first-order valence-electron chi connectivity index (χ1n) is 8.05. The molecule has 2 N–H and O–H groups in total. The highest BCUT2D eigenvalue weighted by molar-refractivity contribution is 5.49. The second-order valence-corrected chi connectivity index (χ2v) is 5.46. The third kappa shape index (κ3) is 5.29. The van der Waals surface area contributed by atoms with Gasteiger partial charge < -0.3 is 15.5 Å². The maximum Gasteiger partial charge on any atom is 0.146 e. The monoisotopic (exact) mass is 295 g/mol. The highest BCUT2D eigenvalue weighted by atomic mass is 19.1. The number of hydrogen-bond acceptors (Lipinski definition) is 3. The maximum atomic E-state index is 14.3. The second-order valence-electron chi connectivity index (χ2n) is 5.46. The van der Waals surface area contributed by atoms with Crippen LogP contribution in [0.5, 0.6) is 0 Å². The van der Waals surface area contributed by atoms with Crippen molar-refractivity contribution >= 4 is 5.69 Å². The van der Waals surface area contributed by atoms with E-state index in [9.17, 15) is 4.39 Å². The molecule has 0 fully saturated rings. The summed E-state index contributed by atoms with van der Waals surface area (Å²) in [6.45, 7) is 13.2. The van der Waals surface area contributed by atoms with E-state index < -0.39 is 0 Å². The summed E-state index contributed by atoms with van der Waals surface area (Å²) in [5, 5.41) is 0. The molecule has 1 aromatic rings. The van der Waals surface area contributed by atoms with Crippen molar-refractivity contribution < 1.29 is 4.39 Å². The van der Waals surface area contributed by atoms with Crippen LogP contribution >= 0.6 is 0 Å². The van der Waals surface area contributed by atoms with Gasteiger partial charge in [0.25, 0.3) is 0 Å². The summed E-state index contributed by atoms with van der Waals surface area (Å²) in [6, 6.07) is 5.21. The van der Waals surface area contributed by atoms with Gasteiger partial charge in [0, 0.05) is 19.1 Å². The molecule has 4 heteroatoms. The molecule has 1 atom stereocenters. The Bertz CT molecular complexity index is 416. The Balaban J connectivity index is 2.67.